The van der Waals surface area contributed by atoms with Crippen LogP contribution in [0.25, 0.3) is 0 Å². The first-order valence-corrected chi connectivity index (χ1v) is 6.61. The molecule has 1 aliphatic rings. The van der Waals surface area contributed by atoms with Crippen LogP contribution in [0.3, 0.4) is 0 Å². The van der Waals surface area contributed by atoms with Crippen molar-refractivity contribution in [2.45, 2.75) is 9.79 Å². The normalized spacial score (nSPS) is 20.1. The Morgan fingerprint density at radius 3 is 3.00 bits per heavy atom. The average Bonchev–Trinajstić information content (AvgIpc) is 2.16. The van der Waals surface area contributed by atoms with Gasteiger partial charge in [0.25, 0.3) is 0 Å². The largest absolute Gasteiger partial charge is 0.324 e. The van der Waals surface area contributed by atoms with Crippen molar-refractivity contribution in [3.63, 3.8) is 0 Å². The minimum absolute atomic E-state index is 0.0750. The lowest BCUT2D eigenvalue weighted by molar-refractivity contribution is -0.113. The second-order valence-corrected chi connectivity index (χ2v) is 5.20. The van der Waals surface area contributed by atoms with Gasteiger partial charge < -0.3 is 5.32 Å². The monoisotopic (exact) mass is 227 g/mol. The third kappa shape index (κ3) is 1.69. The lowest BCUT2D eigenvalue weighted by Crippen LogP contribution is -2.25. The second kappa shape index (κ2) is 3.74. The molecule has 14 heavy (non-hydrogen) atoms. The number of hydrogen-bond acceptors (Lipinski definition) is 3. The van der Waals surface area contributed by atoms with Crippen LogP contribution in [0.5, 0.6) is 0 Å². The van der Waals surface area contributed by atoms with Crippen LogP contribution in [0.4, 0.5) is 5.69 Å². The van der Waals surface area contributed by atoms with Gasteiger partial charge in [0.05, 0.1) is 21.4 Å². The molecule has 74 valence electrons. The number of benzene rings is 1. The summed E-state index contributed by atoms with van der Waals surface area (Å²) in [5.41, 5.74) is 0.687. The minimum atomic E-state index is -1.18. The summed E-state index contributed by atoms with van der Waals surface area (Å²) < 4.78 is 11.5. The smallest absolute Gasteiger partial charge is 0.237 e. The van der Waals surface area contributed by atoms with Crippen LogP contribution in [-0.4, -0.2) is 22.1 Å². The van der Waals surface area contributed by atoms with E-state index in [0.717, 1.165) is 9.79 Å². The van der Waals surface area contributed by atoms with E-state index in [-0.39, 0.29) is 11.7 Å². The summed E-state index contributed by atoms with van der Waals surface area (Å²) in [7, 11) is -1.18. The number of thioether (sulfide) groups is 1. The first kappa shape index (κ1) is 9.73. The molecule has 0 aromatic heterocycles. The van der Waals surface area contributed by atoms with E-state index in [9.17, 15) is 9.00 Å². The van der Waals surface area contributed by atoms with Gasteiger partial charge in [-0.05, 0) is 24.5 Å². The molecule has 1 aromatic rings. The molecule has 0 fully saturated rings. The highest BCUT2D eigenvalue weighted by Crippen LogP contribution is 2.28. The summed E-state index contributed by atoms with van der Waals surface area (Å²) in [6, 6.07) is 5.59. The number of carbonyl (C=O) groups is 1. The molecule has 2 rings (SSSR count). The van der Waals surface area contributed by atoms with Crippen molar-refractivity contribution in [2.24, 2.45) is 0 Å². The zero-order valence-corrected chi connectivity index (χ0v) is 9.21. The van der Waals surface area contributed by atoms with Gasteiger partial charge in [-0.15, -0.1) is 11.8 Å². The summed E-state index contributed by atoms with van der Waals surface area (Å²) in [6.07, 6.45) is 1.96. The Hall–Kier alpha value is -0.810. The van der Waals surface area contributed by atoms with E-state index >= 15 is 0 Å². The molecule has 1 amide bonds. The van der Waals surface area contributed by atoms with E-state index in [1.165, 1.54) is 0 Å². The van der Waals surface area contributed by atoms with Gasteiger partial charge in [-0.1, -0.05) is 0 Å². The number of anilines is 1. The van der Waals surface area contributed by atoms with E-state index in [2.05, 4.69) is 5.32 Å². The van der Waals surface area contributed by atoms with Crippen molar-refractivity contribution >= 4 is 34.2 Å². The zero-order valence-electron chi connectivity index (χ0n) is 7.57. The zero-order chi connectivity index (χ0) is 10.1. The molecule has 1 atom stereocenters. The summed E-state index contributed by atoms with van der Waals surface area (Å²) >= 11 is 1.59. The maximum absolute atomic E-state index is 11.5. The van der Waals surface area contributed by atoms with Crippen molar-refractivity contribution in [3.05, 3.63) is 18.2 Å². The van der Waals surface area contributed by atoms with E-state index in [4.69, 9.17) is 0 Å². The SMILES string of the molecule is CSc1ccc2c(c1)NC(=O)CS2=O. The molecule has 0 saturated heterocycles. The van der Waals surface area contributed by atoms with Gasteiger partial charge in [0, 0.05) is 4.90 Å². The maximum Gasteiger partial charge on any atom is 0.237 e. The molecule has 5 heteroatoms. The molecule has 0 bridgehead atoms. The van der Waals surface area contributed by atoms with Crippen LogP contribution in [0.2, 0.25) is 0 Å². The van der Waals surface area contributed by atoms with Crippen molar-refractivity contribution in [1.29, 1.82) is 0 Å². The van der Waals surface area contributed by atoms with Gasteiger partial charge in [0.2, 0.25) is 5.91 Å². The van der Waals surface area contributed by atoms with Gasteiger partial charge in [-0.2, -0.15) is 0 Å². The molecule has 1 N–H and O–H groups in total. The van der Waals surface area contributed by atoms with Crippen LogP contribution in [0, 0.1) is 0 Å². The molecule has 0 saturated carbocycles. The number of fused-ring (bicyclic) bond motifs is 1. The summed E-state index contributed by atoms with van der Waals surface area (Å²) in [4.78, 5) is 12.9. The Kier molecular flexibility index (Phi) is 2.60. The van der Waals surface area contributed by atoms with E-state index in [1.807, 2.05) is 24.5 Å². The first-order chi connectivity index (χ1) is 6.70. The highest BCUT2D eigenvalue weighted by molar-refractivity contribution is 7.98. The van der Waals surface area contributed by atoms with E-state index < -0.39 is 10.8 Å². The Bertz CT molecular complexity index is 417. The van der Waals surface area contributed by atoms with Crippen LogP contribution in [0.1, 0.15) is 0 Å². The fourth-order valence-electron chi connectivity index (χ4n) is 1.32. The Balaban J connectivity index is 2.49. The third-order valence-corrected chi connectivity index (χ3v) is 4.06. The molecule has 0 radical (unpaired) electrons. The summed E-state index contributed by atoms with van der Waals surface area (Å²) in [6.45, 7) is 0. The fourth-order valence-corrected chi connectivity index (χ4v) is 2.80. The lowest BCUT2D eigenvalue weighted by atomic mass is 10.3. The molecular weight excluding hydrogens is 218 g/mol. The standard InChI is InChI=1S/C9H9NO2S2/c1-13-6-2-3-8-7(4-6)10-9(11)5-14(8)12/h2-4H,5H2,1H3,(H,10,11). The lowest BCUT2D eigenvalue weighted by Gasteiger charge is -2.16. The van der Waals surface area contributed by atoms with Gasteiger partial charge in [0.1, 0.15) is 5.75 Å². The van der Waals surface area contributed by atoms with E-state index in [1.54, 1.807) is 11.8 Å². The van der Waals surface area contributed by atoms with Gasteiger partial charge >= 0.3 is 0 Å². The predicted molar refractivity (Wildman–Crippen MR) is 58.1 cm³/mol. The number of hydrogen-bond donors (Lipinski definition) is 1. The molecule has 3 nitrogen and oxygen atoms in total. The minimum Gasteiger partial charge on any atom is -0.324 e. The predicted octanol–water partition coefficient (Wildman–Crippen LogP) is 1.47. The fraction of sp³-hybridized carbons (Fsp3) is 0.222. The van der Waals surface area contributed by atoms with Crippen LogP contribution in [-0.2, 0) is 15.6 Å². The Labute approximate surface area is 88.7 Å². The van der Waals surface area contributed by atoms with Crippen LogP contribution >= 0.6 is 11.8 Å². The van der Waals surface area contributed by atoms with E-state index in [0.29, 0.717) is 5.69 Å². The number of amides is 1. The molecule has 0 spiro atoms. The molecule has 1 aromatic carbocycles. The topological polar surface area (TPSA) is 46.2 Å². The number of rotatable bonds is 1. The number of nitrogens with one attached hydrogen (secondary N) is 1. The molecule has 1 aliphatic heterocycles. The molecule has 1 heterocycles. The van der Waals surface area contributed by atoms with Crippen LogP contribution < -0.4 is 5.32 Å². The molecule has 1 unspecified atom stereocenters. The second-order valence-electron chi connectivity index (χ2n) is 2.90. The number of carbonyl (C=O) groups excluding carboxylic acids is 1. The maximum atomic E-state index is 11.5. The van der Waals surface area contributed by atoms with Gasteiger partial charge in [-0.3, -0.25) is 9.00 Å². The Morgan fingerprint density at radius 2 is 2.29 bits per heavy atom. The van der Waals surface area contributed by atoms with Gasteiger partial charge in [-0.25, -0.2) is 0 Å². The van der Waals surface area contributed by atoms with Crippen molar-refractivity contribution in [2.75, 3.05) is 17.3 Å². The summed E-state index contributed by atoms with van der Waals surface area (Å²) in [5.74, 6) is -0.0971. The van der Waals surface area contributed by atoms with Crippen molar-refractivity contribution in [3.8, 4) is 0 Å². The van der Waals surface area contributed by atoms with Crippen molar-refractivity contribution in [1.82, 2.24) is 0 Å². The highest BCUT2D eigenvalue weighted by Gasteiger charge is 2.21. The molecule has 0 aliphatic carbocycles. The van der Waals surface area contributed by atoms with Crippen LogP contribution in [0.15, 0.2) is 28.0 Å². The summed E-state index contributed by atoms with van der Waals surface area (Å²) in [5, 5.41) is 2.72. The quantitative estimate of drug-likeness (QED) is 0.739. The first-order valence-electron chi connectivity index (χ1n) is 4.07. The average molecular weight is 227 g/mol. The third-order valence-electron chi connectivity index (χ3n) is 1.97. The Morgan fingerprint density at radius 1 is 1.50 bits per heavy atom. The highest BCUT2D eigenvalue weighted by atomic mass is 32.2. The van der Waals surface area contributed by atoms with Gasteiger partial charge in [0.15, 0.2) is 0 Å². The molecular formula is C9H9NO2S2. The van der Waals surface area contributed by atoms with Crippen molar-refractivity contribution < 1.29 is 9.00 Å².